The first-order valence-electron chi connectivity index (χ1n) is 24.1. The van der Waals surface area contributed by atoms with Gasteiger partial charge in [-0.25, -0.2) is 4.57 Å². The molecule has 56 heavy (non-hydrogen) atoms. The van der Waals surface area contributed by atoms with Crippen LogP contribution < -0.4 is 5.32 Å². The summed E-state index contributed by atoms with van der Waals surface area (Å²) in [4.78, 5) is 23.1. The van der Waals surface area contributed by atoms with Gasteiger partial charge in [0.2, 0.25) is 5.91 Å². The van der Waals surface area contributed by atoms with Crippen molar-refractivity contribution in [3.63, 3.8) is 0 Å². The van der Waals surface area contributed by atoms with E-state index in [0.717, 1.165) is 38.5 Å². The second-order valence-corrected chi connectivity index (χ2v) is 19.3. The van der Waals surface area contributed by atoms with Gasteiger partial charge in [0.05, 0.1) is 39.9 Å². The second kappa shape index (κ2) is 39.7. The lowest BCUT2D eigenvalue weighted by Gasteiger charge is -2.25. The van der Waals surface area contributed by atoms with Crippen LogP contribution in [0.1, 0.15) is 232 Å². The Morgan fingerprint density at radius 1 is 0.589 bits per heavy atom. The number of rotatable bonds is 44. The van der Waals surface area contributed by atoms with Crippen LogP contribution in [0.5, 0.6) is 0 Å². The normalized spacial score (nSPS) is 14.3. The standard InChI is InChI=1S/C47H95N2O6P/c1-6-8-10-12-14-16-18-19-20-21-22-23-24-25-26-27-28-29-30-31-33-35-37-39-41-47(51)48-45(44-55-56(52,53)54-43-42-49(3,4)5)46(50)40-38-36-34-32-17-15-13-11-9-7-2/h38,40,45-46,50H,6-37,39,41-44H2,1-5H3,(H-,48,51,52,53)/p+1/b40-38+. The van der Waals surface area contributed by atoms with Crippen LogP contribution in [0, 0.1) is 0 Å². The van der Waals surface area contributed by atoms with Crippen LogP contribution in [0.2, 0.25) is 0 Å². The van der Waals surface area contributed by atoms with E-state index in [1.54, 1.807) is 6.08 Å². The Kier molecular flexibility index (Phi) is 39.1. The van der Waals surface area contributed by atoms with Gasteiger partial charge in [-0.05, 0) is 19.3 Å². The molecule has 0 saturated carbocycles. The van der Waals surface area contributed by atoms with Crippen LogP contribution >= 0.6 is 7.82 Å². The molecule has 0 aromatic rings. The maximum Gasteiger partial charge on any atom is 0.472 e. The molecule has 0 aliphatic heterocycles. The van der Waals surface area contributed by atoms with Gasteiger partial charge in [0, 0.05) is 6.42 Å². The zero-order valence-electron chi connectivity index (χ0n) is 37.9. The molecule has 0 aliphatic carbocycles. The molecule has 0 aliphatic rings. The maximum absolute atomic E-state index is 12.9. The van der Waals surface area contributed by atoms with E-state index in [4.69, 9.17) is 9.05 Å². The summed E-state index contributed by atoms with van der Waals surface area (Å²) < 4.78 is 23.5. The molecule has 1 amide bonds. The number of hydrogen-bond acceptors (Lipinski definition) is 5. The highest BCUT2D eigenvalue weighted by atomic mass is 31.2. The van der Waals surface area contributed by atoms with Crippen molar-refractivity contribution in [2.45, 2.75) is 244 Å². The molecule has 0 rings (SSSR count). The number of phosphoric ester groups is 1. The van der Waals surface area contributed by atoms with Gasteiger partial charge < -0.3 is 19.8 Å². The van der Waals surface area contributed by atoms with Crippen LogP contribution in [-0.4, -0.2) is 73.4 Å². The van der Waals surface area contributed by atoms with Crippen molar-refractivity contribution in [3.8, 4) is 0 Å². The Labute approximate surface area is 348 Å². The number of aliphatic hydroxyl groups is 1. The molecule has 0 bridgehead atoms. The molecule has 9 heteroatoms. The number of unbranched alkanes of at least 4 members (excludes halogenated alkanes) is 31. The third kappa shape index (κ3) is 41.4. The van der Waals surface area contributed by atoms with Crippen LogP contribution in [0.4, 0.5) is 0 Å². The van der Waals surface area contributed by atoms with Crippen LogP contribution in [0.15, 0.2) is 12.2 Å². The highest BCUT2D eigenvalue weighted by Crippen LogP contribution is 2.43. The van der Waals surface area contributed by atoms with Crippen LogP contribution in [0.3, 0.4) is 0 Å². The van der Waals surface area contributed by atoms with Crippen molar-refractivity contribution >= 4 is 13.7 Å². The highest BCUT2D eigenvalue weighted by Gasteiger charge is 2.27. The summed E-state index contributed by atoms with van der Waals surface area (Å²) in [5, 5.41) is 13.8. The number of amides is 1. The molecule has 0 aromatic carbocycles. The van der Waals surface area contributed by atoms with Crippen LogP contribution in [0.25, 0.3) is 0 Å². The molecule has 3 atom stereocenters. The average Bonchev–Trinajstić information content (AvgIpc) is 3.15. The summed E-state index contributed by atoms with van der Waals surface area (Å²) in [7, 11) is 1.58. The first-order valence-corrected chi connectivity index (χ1v) is 25.6. The average molecular weight is 816 g/mol. The second-order valence-electron chi connectivity index (χ2n) is 17.8. The Balaban J connectivity index is 4.13. The van der Waals surface area contributed by atoms with Gasteiger partial charge in [-0.3, -0.25) is 13.8 Å². The van der Waals surface area contributed by atoms with Gasteiger partial charge in [0.15, 0.2) is 0 Å². The quantitative estimate of drug-likeness (QED) is 0.0245. The summed E-state index contributed by atoms with van der Waals surface area (Å²) in [6.07, 6.45) is 45.8. The Morgan fingerprint density at radius 2 is 0.946 bits per heavy atom. The van der Waals surface area contributed by atoms with Crippen molar-refractivity contribution in [2.75, 3.05) is 40.9 Å². The van der Waals surface area contributed by atoms with Gasteiger partial charge in [0.25, 0.3) is 0 Å². The minimum absolute atomic E-state index is 0.0644. The predicted octanol–water partition coefficient (Wildman–Crippen LogP) is 13.5. The Morgan fingerprint density at radius 3 is 1.32 bits per heavy atom. The number of likely N-dealkylation sites (N-methyl/N-ethyl adjacent to an activating group) is 1. The number of quaternary nitrogens is 1. The SMILES string of the molecule is CCCCCCCCCC/C=C/C(O)C(COP(=O)(O)OCC[N+](C)(C)C)NC(=O)CCCCCCCCCCCCCCCCCCCCCCCCCC. The number of phosphoric acid groups is 1. The predicted molar refractivity (Wildman–Crippen MR) is 240 cm³/mol. The first kappa shape index (κ1) is 55.2. The third-order valence-corrected chi connectivity index (χ3v) is 12.0. The van der Waals surface area contributed by atoms with E-state index in [0.29, 0.717) is 17.4 Å². The molecular weight excluding hydrogens is 719 g/mol. The Bertz CT molecular complexity index is 927. The molecule has 3 N–H and O–H groups in total. The van der Waals surface area contributed by atoms with E-state index in [1.165, 1.54) is 173 Å². The van der Waals surface area contributed by atoms with E-state index < -0.39 is 20.0 Å². The smallest absolute Gasteiger partial charge is 0.387 e. The topological polar surface area (TPSA) is 105 Å². The molecule has 0 fully saturated rings. The fourth-order valence-corrected chi connectivity index (χ4v) is 7.90. The fourth-order valence-electron chi connectivity index (χ4n) is 7.16. The lowest BCUT2D eigenvalue weighted by atomic mass is 10.0. The van der Waals surface area contributed by atoms with Crippen molar-refractivity contribution in [2.24, 2.45) is 0 Å². The zero-order chi connectivity index (χ0) is 41.4. The number of carbonyl (C=O) groups excluding carboxylic acids is 1. The number of aliphatic hydroxyl groups excluding tert-OH is 1. The number of carbonyl (C=O) groups is 1. The van der Waals surface area contributed by atoms with Gasteiger partial charge in [-0.2, -0.15) is 0 Å². The van der Waals surface area contributed by atoms with Gasteiger partial charge in [0.1, 0.15) is 13.2 Å². The molecule has 8 nitrogen and oxygen atoms in total. The van der Waals surface area contributed by atoms with Gasteiger partial charge >= 0.3 is 7.82 Å². The molecule has 3 unspecified atom stereocenters. The number of allylic oxidation sites excluding steroid dienone is 1. The van der Waals surface area contributed by atoms with Crippen molar-refractivity contribution in [1.29, 1.82) is 0 Å². The van der Waals surface area contributed by atoms with E-state index in [2.05, 4.69) is 19.2 Å². The minimum atomic E-state index is -4.33. The lowest BCUT2D eigenvalue weighted by molar-refractivity contribution is -0.870. The molecular formula is C47H96N2O6P+. The molecule has 0 spiro atoms. The van der Waals surface area contributed by atoms with Gasteiger partial charge in [-0.15, -0.1) is 0 Å². The van der Waals surface area contributed by atoms with Crippen molar-refractivity contribution < 1.29 is 32.9 Å². The monoisotopic (exact) mass is 816 g/mol. The summed E-state index contributed by atoms with van der Waals surface area (Å²) in [5.74, 6) is -0.174. The van der Waals surface area contributed by atoms with E-state index in [1.807, 2.05) is 27.2 Å². The van der Waals surface area contributed by atoms with E-state index in [9.17, 15) is 19.4 Å². The first-order chi connectivity index (χ1) is 27.0. The Hall–Kier alpha value is -0.760. The molecule has 334 valence electrons. The number of nitrogens with one attached hydrogen (secondary N) is 1. The van der Waals surface area contributed by atoms with Crippen molar-refractivity contribution in [3.05, 3.63) is 12.2 Å². The van der Waals surface area contributed by atoms with E-state index >= 15 is 0 Å². The number of nitrogens with zero attached hydrogens (tertiary/aromatic N) is 1. The highest BCUT2D eigenvalue weighted by molar-refractivity contribution is 7.47. The largest absolute Gasteiger partial charge is 0.472 e. The van der Waals surface area contributed by atoms with Gasteiger partial charge in [-0.1, -0.05) is 219 Å². The third-order valence-electron chi connectivity index (χ3n) is 11.0. The number of hydrogen-bond donors (Lipinski definition) is 3. The lowest BCUT2D eigenvalue weighted by Crippen LogP contribution is -2.45. The summed E-state index contributed by atoms with van der Waals surface area (Å²) >= 11 is 0. The van der Waals surface area contributed by atoms with E-state index in [-0.39, 0.29) is 19.1 Å². The summed E-state index contributed by atoms with van der Waals surface area (Å²) in [6, 6.07) is -0.839. The fraction of sp³-hybridized carbons (Fsp3) is 0.936. The molecule has 0 saturated heterocycles. The molecule has 0 aromatic heterocycles. The van der Waals surface area contributed by atoms with Crippen molar-refractivity contribution in [1.82, 2.24) is 5.32 Å². The summed E-state index contributed by atoms with van der Waals surface area (Å²) in [6.45, 7) is 4.81. The molecule has 0 heterocycles. The maximum atomic E-state index is 12.9. The molecule has 0 radical (unpaired) electrons. The minimum Gasteiger partial charge on any atom is -0.387 e. The zero-order valence-corrected chi connectivity index (χ0v) is 38.8. The van der Waals surface area contributed by atoms with Crippen LogP contribution in [-0.2, 0) is 18.4 Å². The summed E-state index contributed by atoms with van der Waals surface area (Å²) in [5.41, 5.74) is 0.